The zero-order valence-corrected chi connectivity index (χ0v) is 3.52. The van der Waals surface area contributed by atoms with Gasteiger partial charge in [-0.25, -0.2) is 0 Å². The van der Waals surface area contributed by atoms with Crippen LogP contribution in [0.2, 0.25) is 0 Å². The molecule has 0 unspecified atom stereocenters. The van der Waals surface area contributed by atoms with E-state index in [0.717, 1.165) is 0 Å². The van der Waals surface area contributed by atoms with E-state index in [2.05, 4.69) is 4.42 Å². The topological polar surface area (TPSA) is 44.6 Å². The Bertz CT molecular complexity index is 113. The van der Waals surface area contributed by atoms with Gasteiger partial charge in [0.15, 0.2) is 0 Å². The molecule has 0 aliphatic carbocycles. The summed E-state index contributed by atoms with van der Waals surface area (Å²) in [6.07, 6.45) is 1.29. The third-order valence-electron chi connectivity index (χ3n) is 0.486. The highest BCUT2D eigenvalue weighted by atomic mass is 19.1. The van der Waals surface area contributed by atoms with Gasteiger partial charge in [0.2, 0.25) is 0 Å². The molecule has 0 saturated heterocycles. The second-order valence-corrected chi connectivity index (χ2v) is 0.917. The molecule has 0 amide bonds. The van der Waals surface area contributed by atoms with Crippen LogP contribution < -0.4 is 0 Å². The molecule has 0 radical (unpaired) electrons. The van der Waals surface area contributed by atoms with Crippen molar-refractivity contribution in [3.63, 3.8) is 0 Å². The first-order valence-corrected chi connectivity index (χ1v) is 1.58. The van der Waals surface area contributed by atoms with E-state index in [-0.39, 0.29) is 5.48 Å². The second kappa shape index (κ2) is 2.36. The van der Waals surface area contributed by atoms with Crippen LogP contribution in [0.5, 0.6) is 0 Å². The van der Waals surface area contributed by atoms with Crippen molar-refractivity contribution in [3.8, 4) is 0 Å². The van der Waals surface area contributed by atoms with Crippen LogP contribution in [0.4, 0.5) is 4.39 Å². The van der Waals surface area contributed by atoms with E-state index in [0.29, 0.717) is 0 Å². The number of halogens is 1. The lowest BCUT2D eigenvalue weighted by atomic mass is 10.7. The summed E-state index contributed by atoms with van der Waals surface area (Å²) in [6.45, 7) is 0. The SMILES string of the molecule is Fc1ccco1.O. The molecule has 0 fully saturated rings. The zero-order chi connectivity index (χ0) is 4.41. The monoisotopic (exact) mass is 104 g/mol. The Labute approximate surface area is 39.9 Å². The highest BCUT2D eigenvalue weighted by Gasteiger charge is 1.81. The quantitative estimate of drug-likeness (QED) is 0.475. The Morgan fingerprint density at radius 1 is 1.57 bits per heavy atom. The molecule has 0 saturated carbocycles. The maximum Gasteiger partial charge on any atom is 0.277 e. The van der Waals surface area contributed by atoms with E-state index in [1.807, 2.05) is 0 Å². The smallest absolute Gasteiger partial charge is 0.277 e. The van der Waals surface area contributed by atoms with Crippen molar-refractivity contribution in [2.24, 2.45) is 0 Å². The fourth-order valence-electron chi connectivity index (χ4n) is 0.259. The molecule has 1 aromatic heterocycles. The van der Waals surface area contributed by atoms with Crippen molar-refractivity contribution in [1.82, 2.24) is 0 Å². The van der Waals surface area contributed by atoms with Gasteiger partial charge in [0, 0.05) is 6.07 Å². The minimum absolute atomic E-state index is 0. The van der Waals surface area contributed by atoms with Gasteiger partial charge in [0.05, 0.1) is 6.26 Å². The van der Waals surface area contributed by atoms with Crippen molar-refractivity contribution in [1.29, 1.82) is 0 Å². The molecule has 0 spiro atoms. The first-order valence-electron chi connectivity index (χ1n) is 1.58. The molecular formula is C4H5FO2. The normalized spacial score (nSPS) is 7.57. The summed E-state index contributed by atoms with van der Waals surface area (Å²) in [5.41, 5.74) is 0. The Morgan fingerprint density at radius 2 is 2.29 bits per heavy atom. The number of hydrogen-bond donors (Lipinski definition) is 0. The molecule has 0 aliphatic rings. The molecule has 0 bridgehead atoms. The van der Waals surface area contributed by atoms with Gasteiger partial charge in [-0.2, -0.15) is 4.39 Å². The average Bonchev–Trinajstić information content (AvgIpc) is 1.86. The molecular weight excluding hydrogens is 99.0 g/mol. The Balaban J connectivity index is 0.000000360. The second-order valence-electron chi connectivity index (χ2n) is 0.917. The Hall–Kier alpha value is -0.830. The van der Waals surface area contributed by atoms with Gasteiger partial charge in [-0.15, -0.1) is 0 Å². The Morgan fingerprint density at radius 3 is 2.43 bits per heavy atom. The third-order valence-corrected chi connectivity index (χ3v) is 0.486. The van der Waals surface area contributed by atoms with Gasteiger partial charge in [-0.3, -0.25) is 0 Å². The Kier molecular flexibility index (Phi) is 2.08. The fourth-order valence-corrected chi connectivity index (χ4v) is 0.259. The van der Waals surface area contributed by atoms with Gasteiger partial charge in [0.25, 0.3) is 6.01 Å². The van der Waals surface area contributed by atoms with Gasteiger partial charge in [-0.1, -0.05) is 0 Å². The predicted octanol–water partition coefficient (Wildman–Crippen LogP) is 0.594. The molecule has 3 heteroatoms. The lowest BCUT2D eigenvalue weighted by molar-refractivity contribution is 0.359. The minimum Gasteiger partial charge on any atom is -0.440 e. The van der Waals surface area contributed by atoms with E-state index >= 15 is 0 Å². The predicted molar refractivity (Wildman–Crippen MR) is 22.3 cm³/mol. The molecule has 40 valence electrons. The molecule has 1 heterocycles. The maximum atomic E-state index is 11.5. The van der Waals surface area contributed by atoms with E-state index in [1.165, 1.54) is 18.4 Å². The molecule has 1 aromatic rings. The standard InChI is InChI=1S/C4H3FO.H2O/c5-4-2-1-3-6-4;/h1-3H;1H2. The van der Waals surface area contributed by atoms with E-state index in [9.17, 15) is 4.39 Å². The number of furan rings is 1. The van der Waals surface area contributed by atoms with Crippen molar-refractivity contribution < 1.29 is 14.3 Å². The summed E-state index contributed by atoms with van der Waals surface area (Å²) in [4.78, 5) is 0. The molecule has 0 aliphatic heterocycles. The van der Waals surface area contributed by atoms with Gasteiger partial charge < -0.3 is 9.89 Å². The van der Waals surface area contributed by atoms with Crippen LogP contribution in [0.15, 0.2) is 22.8 Å². The molecule has 1 rings (SSSR count). The van der Waals surface area contributed by atoms with Crippen LogP contribution in [0, 0.1) is 6.01 Å². The lowest BCUT2D eigenvalue weighted by Crippen LogP contribution is -1.49. The number of hydrogen-bond acceptors (Lipinski definition) is 1. The van der Waals surface area contributed by atoms with Gasteiger partial charge in [0.1, 0.15) is 0 Å². The summed E-state index contributed by atoms with van der Waals surface area (Å²) in [6, 6.07) is 2.21. The van der Waals surface area contributed by atoms with Crippen molar-refractivity contribution in [2.75, 3.05) is 0 Å². The highest BCUT2D eigenvalue weighted by Crippen LogP contribution is 1.92. The van der Waals surface area contributed by atoms with Crippen LogP contribution in [-0.4, -0.2) is 5.48 Å². The first-order chi connectivity index (χ1) is 2.89. The van der Waals surface area contributed by atoms with Crippen LogP contribution in [0.3, 0.4) is 0 Å². The van der Waals surface area contributed by atoms with Gasteiger partial charge >= 0.3 is 0 Å². The van der Waals surface area contributed by atoms with Gasteiger partial charge in [-0.05, 0) is 6.07 Å². The summed E-state index contributed by atoms with van der Waals surface area (Å²) in [5.74, 6) is 0. The summed E-state index contributed by atoms with van der Waals surface area (Å²) < 4.78 is 15.7. The maximum absolute atomic E-state index is 11.5. The van der Waals surface area contributed by atoms with Crippen molar-refractivity contribution in [2.45, 2.75) is 0 Å². The largest absolute Gasteiger partial charge is 0.440 e. The number of rotatable bonds is 0. The minimum atomic E-state index is -0.532. The highest BCUT2D eigenvalue weighted by molar-refractivity contribution is 4.82. The van der Waals surface area contributed by atoms with E-state index < -0.39 is 6.01 Å². The zero-order valence-electron chi connectivity index (χ0n) is 3.52. The lowest BCUT2D eigenvalue weighted by Gasteiger charge is -1.63. The summed E-state index contributed by atoms with van der Waals surface area (Å²) in [5, 5.41) is 0. The molecule has 2 N–H and O–H groups in total. The third kappa shape index (κ3) is 1.36. The van der Waals surface area contributed by atoms with Crippen LogP contribution >= 0.6 is 0 Å². The molecule has 0 aromatic carbocycles. The van der Waals surface area contributed by atoms with Crippen LogP contribution in [0.1, 0.15) is 0 Å². The molecule has 2 nitrogen and oxygen atoms in total. The van der Waals surface area contributed by atoms with E-state index in [4.69, 9.17) is 0 Å². The first kappa shape index (κ1) is 6.17. The fraction of sp³-hybridized carbons (Fsp3) is 0. The van der Waals surface area contributed by atoms with Crippen LogP contribution in [-0.2, 0) is 0 Å². The average molecular weight is 104 g/mol. The summed E-state index contributed by atoms with van der Waals surface area (Å²) in [7, 11) is 0. The van der Waals surface area contributed by atoms with E-state index in [1.54, 1.807) is 0 Å². The summed E-state index contributed by atoms with van der Waals surface area (Å²) >= 11 is 0. The van der Waals surface area contributed by atoms with Crippen molar-refractivity contribution >= 4 is 0 Å². The van der Waals surface area contributed by atoms with Crippen LogP contribution in [0.25, 0.3) is 0 Å². The van der Waals surface area contributed by atoms with Crippen molar-refractivity contribution in [3.05, 3.63) is 24.4 Å². The molecule has 0 atom stereocenters. The molecule has 7 heavy (non-hydrogen) atoms.